The number of H-pyrrole nitrogens is 1. The lowest BCUT2D eigenvalue weighted by Crippen LogP contribution is -2.43. The van der Waals surface area contributed by atoms with Gasteiger partial charge in [-0.05, 0) is 111 Å². The van der Waals surface area contributed by atoms with Gasteiger partial charge in [-0.2, -0.15) is 0 Å². The van der Waals surface area contributed by atoms with Gasteiger partial charge in [0.2, 0.25) is 5.56 Å². The topological polar surface area (TPSA) is 116 Å². The van der Waals surface area contributed by atoms with Gasteiger partial charge in [-0.3, -0.25) is 10.1 Å². The van der Waals surface area contributed by atoms with E-state index in [0.29, 0.717) is 12.1 Å². The van der Waals surface area contributed by atoms with Crippen molar-refractivity contribution in [3.63, 3.8) is 0 Å². The molecule has 3 heterocycles. The largest absolute Gasteiger partial charge is 0.506 e. The number of benzene rings is 3. The Balaban J connectivity index is 0.908. The van der Waals surface area contributed by atoms with Crippen LogP contribution in [0, 0.1) is 0 Å². The van der Waals surface area contributed by atoms with Crippen molar-refractivity contribution in [3.05, 3.63) is 117 Å². The van der Waals surface area contributed by atoms with Gasteiger partial charge in [0.15, 0.2) is 8.32 Å². The standard InChI is InChI=1S/C45H58N4O5SSi/c1-45(2,3)56(4,5)54-41(37-21-23-40(50)43-38(37)22-24-42(51)48-43)31-46-27-11-15-34-19-20-35(55-34)16-12-28-49-29-25-33(26-30-49)53-44(52)47-39-18-10-9-17-36(39)32-13-7-6-8-14-32/h6-10,13-14,17-24,33,41,46,50H,11-12,15-16,25-31H2,1-5H3,(H,47,52)(H,48,51). The van der Waals surface area contributed by atoms with Crippen molar-refractivity contribution in [2.45, 2.75) is 89.6 Å². The molecule has 1 aliphatic rings. The number of phenols is 1. The summed E-state index contributed by atoms with van der Waals surface area (Å²) < 4.78 is 12.8. The zero-order valence-electron chi connectivity index (χ0n) is 33.5. The summed E-state index contributed by atoms with van der Waals surface area (Å²) in [7, 11) is -2.13. The molecule has 0 saturated carbocycles. The highest BCUT2D eigenvalue weighted by atomic mass is 32.1. The predicted molar refractivity (Wildman–Crippen MR) is 233 cm³/mol. The monoisotopic (exact) mass is 794 g/mol. The fraction of sp³-hybridized carbons (Fsp3) is 0.422. The van der Waals surface area contributed by atoms with Crippen molar-refractivity contribution in [1.29, 1.82) is 0 Å². The second-order valence-electron chi connectivity index (χ2n) is 16.4. The van der Waals surface area contributed by atoms with E-state index < -0.39 is 14.4 Å². The summed E-state index contributed by atoms with van der Waals surface area (Å²) >= 11 is 1.92. The van der Waals surface area contributed by atoms with E-state index >= 15 is 0 Å². The van der Waals surface area contributed by atoms with Crippen molar-refractivity contribution in [2.24, 2.45) is 0 Å². The van der Waals surface area contributed by atoms with Gasteiger partial charge in [-0.15, -0.1) is 11.3 Å². The second kappa shape index (κ2) is 18.8. The van der Waals surface area contributed by atoms with Crippen LogP contribution in [0.1, 0.15) is 67.9 Å². The van der Waals surface area contributed by atoms with Crippen molar-refractivity contribution >= 4 is 42.3 Å². The van der Waals surface area contributed by atoms with Gasteiger partial charge in [-0.1, -0.05) is 75.4 Å². The first kappa shape index (κ1) is 41.4. The molecule has 0 aliphatic carbocycles. The highest BCUT2D eigenvalue weighted by Gasteiger charge is 2.39. The van der Waals surface area contributed by atoms with Crippen LogP contribution in [0.4, 0.5) is 10.5 Å². The average molecular weight is 795 g/mol. The van der Waals surface area contributed by atoms with Crippen molar-refractivity contribution < 1.29 is 19.1 Å². The first-order valence-electron chi connectivity index (χ1n) is 20.0. The van der Waals surface area contributed by atoms with Crippen molar-refractivity contribution in [1.82, 2.24) is 15.2 Å². The maximum absolute atomic E-state index is 12.8. The van der Waals surface area contributed by atoms with Crippen molar-refractivity contribution in [3.8, 4) is 16.9 Å². The minimum atomic E-state index is -2.13. The number of aryl methyl sites for hydroxylation is 2. The number of hydrogen-bond donors (Lipinski definition) is 4. The molecule has 0 spiro atoms. The Hall–Kier alpha value is -4.26. The van der Waals surface area contributed by atoms with Gasteiger partial charge in [0.05, 0.1) is 17.3 Å². The number of carbonyl (C=O) groups excluding carboxylic acids is 1. The number of amides is 1. The van der Waals surface area contributed by atoms with E-state index in [-0.39, 0.29) is 28.6 Å². The number of nitrogens with zero attached hydrogens (tertiary/aromatic N) is 1. The third-order valence-electron chi connectivity index (χ3n) is 11.3. The average Bonchev–Trinajstić information content (AvgIpc) is 3.63. The molecule has 6 rings (SSSR count). The van der Waals surface area contributed by atoms with E-state index in [0.717, 1.165) is 92.5 Å². The third kappa shape index (κ3) is 11.0. The molecule has 3 aromatic carbocycles. The molecular formula is C45H58N4O5SSi. The van der Waals surface area contributed by atoms with Crippen LogP contribution in [0.3, 0.4) is 0 Å². The number of aromatic nitrogens is 1. The summed E-state index contributed by atoms with van der Waals surface area (Å²) in [4.78, 5) is 33.0. The Morgan fingerprint density at radius 3 is 2.36 bits per heavy atom. The number of pyridine rings is 1. The lowest BCUT2D eigenvalue weighted by molar-refractivity contribution is 0.0587. The summed E-state index contributed by atoms with van der Waals surface area (Å²) in [6.45, 7) is 15.6. The molecule has 1 atom stereocenters. The molecule has 298 valence electrons. The number of fused-ring (bicyclic) bond motifs is 1. The number of aromatic hydroxyl groups is 1. The highest BCUT2D eigenvalue weighted by molar-refractivity contribution is 7.12. The smallest absolute Gasteiger partial charge is 0.411 e. The molecule has 1 aliphatic heterocycles. The number of phenolic OH excluding ortho intramolecular Hbond substituents is 1. The zero-order chi connectivity index (χ0) is 39.7. The van der Waals surface area contributed by atoms with Crippen LogP contribution in [0.25, 0.3) is 22.0 Å². The molecule has 1 fully saturated rings. The number of thiophene rings is 1. The third-order valence-corrected chi connectivity index (χ3v) is 17.0. The van der Waals surface area contributed by atoms with E-state index in [1.807, 2.05) is 72.0 Å². The number of anilines is 1. The maximum Gasteiger partial charge on any atom is 0.411 e. The Kier molecular flexibility index (Phi) is 13.9. The molecule has 1 saturated heterocycles. The normalized spacial score (nSPS) is 14.9. The predicted octanol–water partition coefficient (Wildman–Crippen LogP) is 9.89. The first-order valence-corrected chi connectivity index (χ1v) is 23.7. The molecule has 1 amide bonds. The number of nitrogens with one attached hydrogen (secondary N) is 3. The number of hydrogen-bond acceptors (Lipinski definition) is 8. The maximum atomic E-state index is 12.8. The fourth-order valence-corrected chi connectivity index (χ4v) is 9.46. The fourth-order valence-electron chi connectivity index (χ4n) is 7.08. The molecule has 4 N–H and O–H groups in total. The summed E-state index contributed by atoms with van der Waals surface area (Å²) in [5, 5.41) is 18.0. The number of carbonyl (C=O) groups is 1. The number of rotatable bonds is 16. The van der Waals surface area contributed by atoms with Crippen LogP contribution in [0.5, 0.6) is 5.75 Å². The Morgan fingerprint density at radius 1 is 0.929 bits per heavy atom. The number of para-hydroxylation sites is 1. The van der Waals surface area contributed by atoms with E-state index in [1.54, 1.807) is 12.1 Å². The molecule has 5 aromatic rings. The summed E-state index contributed by atoms with van der Waals surface area (Å²) in [5.74, 6) is 0.0613. The van der Waals surface area contributed by atoms with E-state index in [1.165, 1.54) is 15.8 Å². The number of ether oxygens (including phenoxy) is 1. The summed E-state index contributed by atoms with van der Waals surface area (Å²) in [5.41, 5.74) is 3.97. The molecule has 0 radical (unpaired) electrons. The lowest BCUT2D eigenvalue weighted by Gasteiger charge is -2.39. The Labute approximate surface area is 336 Å². The van der Waals surface area contributed by atoms with Gasteiger partial charge in [-0.25, -0.2) is 4.79 Å². The quantitative estimate of drug-likeness (QED) is 0.0581. The molecule has 11 heteroatoms. The van der Waals surface area contributed by atoms with Gasteiger partial charge < -0.3 is 29.5 Å². The van der Waals surface area contributed by atoms with Crippen LogP contribution < -0.4 is 16.2 Å². The zero-order valence-corrected chi connectivity index (χ0v) is 35.3. The van der Waals surface area contributed by atoms with Crippen LogP contribution in [-0.2, 0) is 22.0 Å². The van der Waals surface area contributed by atoms with Crippen LogP contribution >= 0.6 is 11.3 Å². The van der Waals surface area contributed by atoms with Crippen LogP contribution in [0.15, 0.2) is 95.8 Å². The molecule has 56 heavy (non-hydrogen) atoms. The molecule has 0 bridgehead atoms. The minimum absolute atomic E-state index is 0.0336. The van der Waals surface area contributed by atoms with Gasteiger partial charge in [0, 0.05) is 46.4 Å². The highest BCUT2D eigenvalue weighted by Crippen LogP contribution is 2.41. The van der Waals surface area contributed by atoms with Gasteiger partial charge >= 0.3 is 6.09 Å². The SMILES string of the molecule is CC(C)(C)[Si](C)(C)OC(CNCCCc1ccc(CCCN2CCC(OC(=O)Nc3ccccc3-c3ccccc3)CC2)s1)c1ccc(O)c2[nH]c(=O)ccc12. The Bertz CT molecular complexity index is 2100. The first-order chi connectivity index (χ1) is 26.9. The van der Waals surface area contributed by atoms with E-state index in [4.69, 9.17) is 9.16 Å². The summed E-state index contributed by atoms with van der Waals surface area (Å²) in [6.07, 6.45) is 5.24. The molecule has 1 unspecified atom stereocenters. The van der Waals surface area contributed by atoms with Gasteiger partial charge in [0.25, 0.3) is 0 Å². The molecular weight excluding hydrogens is 737 g/mol. The minimum Gasteiger partial charge on any atom is -0.506 e. The lowest BCUT2D eigenvalue weighted by atomic mass is 10.0. The Morgan fingerprint density at radius 2 is 1.62 bits per heavy atom. The van der Waals surface area contributed by atoms with Crippen molar-refractivity contribution in [2.75, 3.05) is 38.0 Å². The van der Waals surface area contributed by atoms with Crippen LogP contribution in [0.2, 0.25) is 18.1 Å². The van der Waals surface area contributed by atoms with E-state index in [9.17, 15) is 14.7 Å². The molecule has 9 nitrogen and oxygen atoms in total. The second-order valence-corrected chi connectivity index (χ2v) is 22.4. The molecule has 2 aromatic heterocycles. The van der Waals surface area contributed by atoms with Gasteiger partial charge in [0.1, 0.15) is 11.9 Å². The summed E-state index contributed by atoms with van der Waals surface area (Å²) in [6, 6.07) is 29.3. The van der Waals surface area contributed by atoms with Crippen LogP contribution in [-0.4, -0.2) is 68.2 Å². The number of piperidine rings is 1. The number of likely N-dealkylation sites (tertiary alicyclic amines) is 1. The van der Waals surface area contributed by atoms with E-state index in [2.05, 4.69) is 66.5 Å². The number of aromatic amines is 1.